The Kier molecular flexibility index (Phi) is 5.72. The fraction of sp³-hybridized carbons (Fsp3) is 0.176. The normalized spacial score (nSPS) is 12.3. The van der Waals surface area contributed by atoms with Gasteiger partial charge in [-0.05, 0) is 37.1 Å². The van der Waals surface area contributed by atoms with Gasteiger partial charge in [0.15, 0.2) is 0 Å². The summed E-state index contributed by atoms with van der Waals surface area (Å²) in [6, 6.07) is 8.33. The lowest BCUT2D eigenvalue weighted by molar-refractivity contribution is 1.50. The molecule has 1 aromatic carbocycles. The molecular formula is C17H21N. The second-order valence-electron chi connectivity index (χ2n) is 4.17. The maximum Gasteiger partial charge on any atom is 0.0337 e. The fourth-order valence-corrected chi connectivity index (χ4v) is 1.44. The Bertz CT molecular complexity index is 473. The van der Waals surface area contributed by atoms with Gasteiger partial charge >= 0.3 is 0 Å². The van der Waals surface area contributed by atoms with E-state index in [9.17, 15) is 0 Å². The van der Waals surface area contributed by atoms with E-state index in [-0.39, 0.29) is 0 Å². The van der Waals surface area contributed by atoms with Crippen molar-refractivity contribution in [2.45, 2.75) is 13.8 Å². The summed E-state index contributed by atoms with van der Waals surface area (Å²) in [6.45, 7) is 7.88. The van der Waals surface area contributed by atoms with E-state index in [0.29, 0.717) is 0 Å². The van der Waals surface area contributed by atoms with Crippen molar-refractivity contribution >= 4 is 11.8 Å². The van der Waals surface area contributed by atoms with E-state index in [4.69, 9.17) is 0 Å². The van der Waals surface area contributed by atoms with Crippen molar-refractivity contribution in [2.75, 3.05) is 12.4 Å². The first-order valence-electron chi connectivity index (χ1n) is 6.11. The molecule has 0 amide bonds. The molecule has 0 unspecified atom stereocenters. The van der Waals surface area contributed by atoms with Crippen molar-refractivity contribution < 1.29 is 0 Å². The zero-order valence-corrected chi connectivity index (χ0v) is 11.4. The summed E-state index contributed by atoms with van der Waals surface area (Å²) in [5, 5.41) is 3.11. The first-order chi connectivity index (χ1) is 8.65. The van der Waals surface area contributed by atoms with Gasteiger partial charge in [0.05, 0.1) is 0 Å². The molecule has 0 aromatic heterocycles. The second kappa shape index (κ2) is 7.33. The Labute approximate surface area is 110 Å². The molecule has 1 nitrogen and oxygen atoms in total. The molecule has 18 heavy (non-hydrogen) atoms. The van der Waals surface area contributed by atoms with Crippen LogP contribution < -0.4 is 5.32 Å². The van der Waals surface area contributed by atoms with E-state index in [0.717, 1.165) is 11.3 Å². The first kappa shape index (κ1) is 14.0. The van der Waals surface area contributed by atoms with Gasteiger partial charge in [0.2, 0.25) is 0 Å². The van der Waals surface area contributed by atoms with E-state index >= 15 is 0 Å². The molecule has 0 fully saturated rings. The molecule has 0 saturated heterocycles. The third-order valence-electron chi connectivity index (χ3n) is 2.56. The molecule has 1 heteroatoms. The number of nitrogens with one attached hydrogen (secondary N) is 1. The van der Waals surface area contributed by atoms with E-state index in [1.807, 2.05) is 27.0 Å². The Hall–Kier alpha value is -2.02. The zero-order chi connectivity index (χ0) is 13.4. The van der Waals surface area contributed by atoms with Crippen molar-refractivity contribution in [2.24, 2.45) is 0 Å². The lowest BCUT2D eigenvalue weighted by atomic mass is 10.1. The summed E-state index contributed by atoms with van der Waals surface area (Å²) in [6.07, 6.45) is 10.4. The molecule has 1 rings (SSSR count). The van der Waals surface area contributed by atoms with Crippen molar-refractivity contribution in [3.63, 3.8) is 0 Å². The van der Waals surface area contributed by atoms with Gasteiger partial charge in [-0.25, -0.2) is 0 Å². The van der Waals surface area contributed by atoms with Gasteiger partial charge in [-0.2, -0.15) is 0 Å². The Morgan fingerprint density at radius 2 is 1.78 bits per heavy atom. The van der Waals surface area contributed by atoms with Crippen LogP contribution >= 0.6 is 0 Å². The van der Waals surface area contributed by atoms with Gasteiger partial charge in [-0.15, -0.1) is 0 Å². The van der Waals surface area contributed by atoms with Gasteiger partial charge in [0.1, 0.15) is 0 Å². The fourth-order valence-electron chi connectivity index (χ4n) is 1.44. The molecule has 0 saturated carbocycles. The predicted octanol–water partition coefficient (Wildman–Crippen LogP) is 4.82. The highest BCUT2D eigenvalue weighted by atomic mass is 14.8. The van der Waals surface area contributed by atoms with E-state index in [2.05, 4.69) is 60.5 Å². The molecule has 0 aliphatic heterocycles. The van der Waals surface area contributed by atoms with Crippen LogP contribution in [-0.2, 0) is 0 Å². The van der Waals surface area contributed by atoms with Gasteiger partial charge in [0.25, 0.3) is 0 Å². The van der Waals surface area contributed by atoms with Gasteiger partial charge in [0, 0.05) is 12.7 Å². The van der Waals surface area contributed by atoms with Crippen LogP contribution in [0.15, 0.2) is 66.3 Å². The van der Waals surface area contributed by atoms with Crippen LogP contribution in [0.5, 0.6) is 0 Å². The van der Waals surface area contributed by atoms with Crippen LogP contribution in [0.2, 0.25) is 0 Å². The van der Waals surface area contributed by atoms with Crippen LogP contribution in [0.1, 0.15) is 19.4 Å². The van der Waals surface area contributed by atoms with Gasteiger partial charge in [-0.3, -0.25) is 0 Å². The number of hydrogen-bond donors (Lipinski definition) is 1. The third kappa shape index (κ3) is 4.88. The molecule has 0 spiro atoms. The largest absolute Gasteiger partial charge is 0.388 e. The van der Waals surface area contributed by atoms with E-state index in [1.54, 1.807) is 0 Å². The summed E-state index contributed by atoms with van der Waals surface area (Å²) in [7, 11) is 1.92. The second-order valence-corrected chi connectivity index (χ2v) is 4.17. The lowest BCUT2D eigenvalue weighted by Gasteiger charge is -1.99. The van der Waals surface area contributed by atoms with E-state index < -0.39 is 0 Å². The molecular weight excluding hydrogens is 218 g/mol. The highest BCUT2D eigenvalue weighted by Crippen LogP contribution is 2.11. The Morgan fingerprint density at radius 1 is 1.11 bits per heavy atom. The summed E-state index contributed by atoms with van der Waals surface area (Å²) in [5.74, 6) is 0. The van der Waals surface area contributed by atoms with Crippen LogP contribution in [-0.4, -0.2) is 7.05 Å². The Morgan fingerprint density at radius 3 is 2.28 bits per heavy atom. The number of rotatable bonds is 5. The summed E-state index contributed by atoms with van der Waals surface area (Å²) in [5.41, 5.74) is 4.55. The van der Waals surface area contributed by atoms with Crippen LogP contribution in [0.3, 0.4) is 0 Å². The Balaban J connectivity index is 2.74. The molecule has 1 aromatic rings. The molecule has 0 aliphatic rings. The number of anilines is 1. The monoisotopic (exact) mass is 239 g/mol. The molecule has 1 N–H and O–H groups in total. The molecule has 0 aliphatic carbocycles. The number of benzene rings is 1. The number of hydrogen-bond acceptors (Lipinski definition) is 1. The lowest BCUT2D eigenvalue weighted by Crippen LogP contribution is -1.86. The highest BCUT2D eigenvalue weighted by Gasteiger charge is 1.89. The smallest absolute Gasteiger partial charge is 0.0337 e. The van der Waals surface area contributed by atoms with Gasteiger partial charge in [-0.1, -0.05) is 54.7 Å². The predicted molar refractivity (Wildman–Crippen MR) is 82.7 cm³/mol. The van der Waals surface area contributed by atoms with Crippen molar-refractivity contribution in [1.82, 2.24) is 0 Å². The minimum Gasteiger partial charge on any atom is -0.388 e. The maximum atomic E-state index is 3.85. The molecule has 0 heterocycles. The van der Waals surface area contributed by atoms with Crippen LogP contribution in [0.25, 0.3) is 6.08 Å². The van der Waals surface area contributed by atoms with Gasteiger partial charge < -0.3 is 5.32 Å². The minimum absolute atomic E-state index is 1.06. The summed E-state index contributed by atoms with van der Waals surface area (Å²) in [4.78, 5) is 0. The average molecular weight is 239 g/mol. The quantitative estimate of drug-likeness (QED) is 0.726. The van der Waals surface area contributed by atoms with Crippen LogP contribution in [0.4, 0.5) is 5.69 Å². The maximum absolute atomic E-state index is 3.85. The topological polar surface area (TPSA) is 12.0 Å². The molecule has 0 radical (unpaired) electrons. The van der Waals surface area contributed by atoms with Crippen LogP contribution in [0, 0.1) is 0 Å². The minimum atomic E-state index is 1.06. The van der Waals surface area contributed by atoms with Crippen molar-refractivity contribution in [1.29, 1.82) is 0 Å². The highest BCUT2D eigenvalue weighted by molar-refractivity contribution is 5.58. The first-order valence-corrected chi connectivity index (χ1v) is 6.11. The molecule has 0 bridgehead atoms. The standard InChI is InChI=1S/C17H21N/c1-5-15(7-6-14(2)3)8-9-16-10-12-17(18-4)13-11-16/h5-13,18H,2H2,1,3-4H3/b7-6-,9-8+,15-5+. The van der Waals surface area contributed by atoms with E-state index in [1.165, 1.54) is 11.1 Å². The molecule has 94 valence electrons. The average Bonchev–Trinajstić information content (AvgIpc) is 2.39. The van der Waals surface area contributed by atoms with Crippen molar-refractivity contribution in [3.05, 3.63) is 71.9 Å². The third-order valence-corrected chi connectivity index (χ3v) is 2.56. The zero-order valence-electron chi connectivity index (χ0n) is 11.4. The summed E-state index contributed by atoms with van der Waals surface area (Å²) < 4.78 is 0. The molecule has 0 atom stereocenters. The van der Waals surface area contributed by atoms with Crippen molar-refractivity contribution in [3.8, 4) is 0 Å². The SMILES string of the molecule is C=C(C)\C=C/C(/C=C/c1ccc(NC)cc1)=C\C. The summed E-state index contributed by atoms with van der Waals surface area (Å²) >= 11 is 0. The number of allylic oxidation sites excluding steroid dienone is 6.